The number of morpholine rings is 1. The van der Waals surface area contributed by atoms with Gasteiger partial charge < -0.3 is 20.5 Å². The minimum absolute atomic E-state index is 0.150. The number of carboxylic acids is 1. The summed E-state index contributed by atoms with van der Waals surface area (Å²) >= 11 is 0. The number of azo groups is 1. The van der Waals surface area contributed by atoms with Crippen molar-refractivity contribution in [1.82, 2.24) is 10.2 Å². The molecule has 1 amide bonds. The molecule has 0 aliphatic carbocycles. The van der Waals surface area contributed by atoms with Gasteiger partial charge >= 0.3 is 5.97 Å². The molecule has 0 saturated carbocycles. The highest BCUT2D eigenvalue weighted by molar-refractivity contribution is 5.94. The van der Waals surface area contributed by atoms with Crippen LogP contribution in [-0.4, -0.2) is 67.3 Å². The molecule has 1 atom stereocenters. The van der Waals surface area contributed by atoms with Gasteiger partial charge in [0.2, 0.25) is 5.91 Å². The van der Waals surface area contributed by atoms with Gasteiger partial charge in [-0.05, 0) is 55.9 Å². The Kier molecular flexibility index (Phi) is 9.30. The lowest BCUT2D eigenvalue weighted by Gasteiger charge is -2.26. The van der Waals surface area contributed by atoms with Crippen LogP contribution in [0, 0.1) is 0 Å². The summed E-state index contributed by atoms with van der Waals surface area (Å²) in [5, 5.41) is 23.4. The van der Waals surface area contributed by atoms with E-state index < -0.39 is 12.0 Å². The first-order valence-corrected chi connectivity index (χ1v) is 10.7. The summed E-state index contributed by atoms with van der Waals surface area (Å²) < 4.78 is 5.32. The van der Waals surface area contributed by atoms with Crippen LogP contribution in [0.4, 0.5) is 17.1 Å². The average Bonchev–Trinajstić information content (AvgIpc) is 2.82. The molecule has 1 saturated heterocycles. The number of amides is 1. The number of nitrogens with zero attached hydrogens (tertiary/aromatic N) is 3. The van der Waals surface area contributed by atoms with Gasteiger partial charge in [0.15, 0.2) is 0 Å². The molecule has 9 nitrogen and oxygen atoms in total. The highest BCUT2D eigenvalue weighted by Gasteiger charge is 2.21. The molecule has 0 bridgehead atoms. The third-order valence-electron chi connectivity index (χ3n) is 5.02. The standard InChI is InChI=1S/C23H29N5O4/c29-22(17-21(23(30)31)24-11-4-12-28-13-15-32-16-14-28)25-18-7-9-20(10-8-18)27-26-19-5-2-1-3-6-19/h1-3,5-10,21,24H,4,11-17H2,(H,25,29)(H,30,31)/t21-/m1/s1. The first-order chi connectivity index (χ1) is 15.6. The molecule has 3 N–H and O–H groups in total. The van der Waals surface area contributed by atoms with Crippen molar-refractivity contribution in [3.05, 3.63) is 54.6 Å². The fourth-order valence-corrected chi connectivity index (χ4v) is 3.27. The molecular formula is C23H29N5O4. The van der Waals surface area contributed by atoms with Crippen molar-refractivity contribution < 1.29 is 19.4 Å². The molecule has 0 unspecified atom stereocenters. The summed E-state index contributed by atoms with van der Waals surface area (Å²) in [5.41, 5.74) is 1.98. The summed E-state index contributed by atoms with van der Waals surface area (Å²) in [7, 11) is 0. The monoisotopic (exact) mass is 439 g/mol. The highest BCUT2D eigenvalue weighted by Crippen LogP contribution is 2.20. The molecule has 1 aliphatic rings. The van der Waals surface area contributed by atoms with Crippen LogP contribution in [0.2, 0.25) is 0 Å². The van der Waals surface area contributed by atoms with Gasteiger partial charge in [-0.1, -0.05) is 18.2 Å². The Morgan fingerprint density at radius 3 is 2.31 bits per heavy atom. The Morgan fingerprint density at radius 1 is 1.00 bits per heavy atom. The lowest BCUT2D eigenvalue weighted by Crippen LogP contribution is -2.42. The van der Waals surface area contributed by atoms with E-state index >= 15 is 0 Å². The molecule has 2 aromatic carbocycles. The minimum atomic E-state index is -1.04. The Morgan fingerprint density at radius 2 is 1.66 bits per heavy atom. The first-order valence-electron chi connectivity index (χ1n) is 10.7. The summed E-state index contributed by atoms with van der Waals surface area (Å²) in [6, 6.07) is 15.4. The molecule has 0 aromatic heterocycles. The van der Waals surface area contributed by atoms with Gasteiger partial charge in [0.25, 0.3) is 0 Å². The van der Waals surface area contributed by atoms with Gasteiger partial charge in [0.1, 0.15) is 6.04 Å². The topological polar surface area (TPSA) is 116 Å². The van der Waals surface area contributed by atoms with Crippen molar-refractivity contribution in [2.24, 2.45) is 10.2 Å². The van der Waals surface area contributed by atoms with Crippen molar-refractivity contribution in [1.29, 1.82) is 0 Å². The molecule has 3 rings (SSSR count). The predicted molar refractivity (Wildman–Crippen MR) is 122 cm³/mol. The number of ether oxygens (including phenoxy) is 1. The van der Waals surface area contributed by atoms with E-state index in [1.165, 1.54) is 0 Å². The van der Waals surface area contributed by atoms with E-state index in [4.69, 9.17) is 4.74 Å². The van der Waals surface area contributed by atoms with Gasteiger partial charge in [0, 0.05) is 18.8 Å². The zero-order chi connectivity index (χ0) is 22.6. The van der Waals surface area contributed by atoms with Crippen LogP contribution < -0.4 is 10.6 Å². The number of carbonyl (C=O) groups excluding carboxylic acids is 1. The molecule has 170 valence electrons. The normalized spacial score (nSPS) is 15.5. The zero-order valence-corrected chi connectivity index (χ0v) is 17.9. The van der Waals surface area contributed by atoms with Crippen LogP contribution >= 0.6 is 0 Å². The molecule has 9 heteroatoms. The predicted octanol–water partition coefficient (Wildman–Crippen LogP) is 3.20. The van der Waals surface area contributed by atoms with Gasteiger partial charge in [-0.25, -0.2) is 0 Å². The SMILES string of the molecule is O=C(C[C@@H](NCCCN1CCOCC1)C(=O)O)Nc1ccc(N=Nc2ccccc2)cc1. The second-order valence-electron chi connectivity index (χ2n) is 7.49. The molecule has 1 heterocycles. The Balaban J connectivity index is 1.42. The molecule has 0 radical (unpaired) electrons. The Labute approximate surface area is 187 Å². The van der Waals surface area contributed by atoms with Crippen LogP contribution in [0.25, 0.3) is 0 Å². The molecular weight excluding hydrogens is 410 g/mol. The maximum atomic E-state index is 12.3. The molecule has 1 aliphatic heterocycles. The van der Waals surface area contributed by atoms with Crippen LogP contribution in [0.1, 0.15) is 12.8 Å². The number of rotatable bonds is 11. The number of hydrogen-bond donors (Lipinski definition) is 3. The second kappa shape index (κ2) is 12.7. The first kappa shape index (κ1) is 23.5. The van der Waals surface area contributed by atoms with Crippen molar-refractivity contribution >= 4 is 28.9 Å². The molecule has 32 heavy (non-hydrogen) atoms. The third-order valence-corrected chi connectivity index (χ3v) is 5.02. The van der Waals surface area contributed by atoms with E-state index in [1.807, 2.05) is 30.3 Å². The van der Waals surface area contributed by atoms with Gasteiger partial charge in [-0.3, -0.25) is 14.5 Å². The zero-order valence-electron chi connectivity index (χ0n) is 17.9. The maximum absolute atomic E-state index is 12.3. The van der Waals surface area contributed by atoms with E-state index in [9.17, 15) is 14.7 Å². The molecule has 0 spiro atoms. The van der Waals surface area contributed by atoms with Gasteiger partial charge in [0.05, 0.1) is 31.0 Å². The van der Waals surface area contributed by atoms with E-state index in [1.54, 1.807) is 24.3 Å². The van der Waals surface area contributed by atoms with Crippen LogP contribution in [0.15, 0.2) is 64.8 Å². The lowest BCUT2D eigenvalue weighted by atomic mass is 10.2. The number of benzene rings is 2. The third kappa shape index (κ3) is 8.18. The fraction of sp³-hybridized carbons (Fsp3) is 0.391. The summed E-state index contributed by atoms with van der Waals surface area (Å²) in [5.74, 6) is -1.40. The van der Waals surface area contributed by atoms with E-state index in [-0.39, 0.29) is 12.3 Å². The Hall–Kier alpha value is -3.14. The second-order valence-corrected chi connectivity index (χ2v) is 7.49. The van der Waals surface area contributed by atoms with E-state index in [0.29, 0.717) is 17.9 Å². The van der Waals surface area contributed by atoms with Crippen molar-refractivity contribution in [3.63, 3.8) is 0 Å². The number of anilines is 1. The van der Waals surface area contributed by atoms with Crippen LogP contribution in [0.3, 0.4) is 0 Å². The molecule has 2 aromatic rings. The van der Waals surface area contributed by atoms with E-state index in [0.717, 1.165) is 45.0 Å². The van der Waals surface area contributed by atoms with Crippen molar-refractivity contribution in [3.8, 4) is 0 Å². The number of aliphatic carboxylic acids is 1. The number of nitrogens with one attached hydrogen (secondary N) is 2. The lowest BCUT2D eigenvalue weighted by molar-refractivity contribution is -0.141. The molecule has 1 fully saturated rings. The fourth-order valence-electron chi connectivity index (χ4n) is 3.27. The van der Waals surface area contributed by atoms with Gasteiger partial charge in [-0.15, -0.1) is 0 Å². The van der Waals surface area contributed by atoms with Gasteiger partial charge in [-0.2, -0.15) is 10.2 Å². The van der Waals surface area contributed by atoms with Crippen LogP contribution in [-0.2, 0) is 14.3 Å². The van der Waals surface area contributed by atoms with E-state index in [2.05, 4.69) is 25.8 Å². The quantitative estimate of drug-likeness (QED) is 0.366. The summed E-state index contributed by atoms with van der Waals surface area (Å²) in [4.78, 5) is 26.1. The number of hydrogen-bond acceptors (Lipinski definition) is 7. The minimum Gasteiger partial charge on any atom is -0.480 e. The van der Waals surface area contributed by atoms with Crippen molar-refractivity contribution in [2.45, 2.75) is 18.9 Å². The largest absolute Gasteiger partial charge is 0.480 e. The number of carbonyl (C=O) groups is 2. The van der Waals surface area contributed by atoms with Crippen molar-refractivity contribution in [2.75, 3.05) is 44.7 Å². The maximum Gasteiger partial charge on any atom is 0.321 e. The van der Waals surface area contributed by atoms with Crippen LogP contribution in [0.5, 0.6) is 0 Å². The number of carboxylic acid groups (broad SMARTS) is 1. The highest BCUT2D eigenvalue weighted by atomic mass is 16.5. The smallest absolute Gasteiger partial charge is 0.321 e. The summed E-state index contributed by atoms with van der Waals surface area (Å²) in [6.07, 6.45) is 0.659. The Bertz CT molecular complexity index is 883. The average molecular weight is 440 g/mol. The summed E-state index contributed by atoms with van der Waals surface area (Å²) in [6.45, 7) is 4.68.